The van der Waals surface area contributed by atoms with Crippen LogP contribution in [0.4, 0.5) is 10.5 Å². The molecule has 0 aliphatic carbocycles. The second-order valence-corrected chi connectivity index (χ2v) is 8.60. The van der Waals surface area contributed by atoms with E-state index < -0.39 is 29.8 Å². The first-order valence-corrected chi connectivity index (χ1v) is 11.6. The largest absolute Gasteiger partial charge is 0.352 e. The number of hydrogen-bond acceptors (Lipinski definition) is 6. The number of anilines is 1. The summed E-state index contributed by atoms with van der Waals surface area (Å²) in [5, 5.41) is 7.59. The monoisotopic (exact) mass is 505 g/mol. The normalized spacial score (nSPS) is 13.1. The molecule has 0 radical (unpaired) electrons. The summed E-state index contributed by atoms with van der Waals surface area (Å²) in [4.78, 5) is 69.8. The maximum absolute atomic E-state index is 12.3. The van der Waals surface area contributed by atoms with Gasteiger partial charge in [-0.25, -0.2) is 9.69 Å². The molecule has 1 aliphatic rings. The lowest BCUT2D eigenvalue weighted by molar-refractivity contribution is -0.130. The van der Waals surface area contributed by atoms with Crippen LogP contribution in [0.2, 0.25) is 0 Å². The van der Waals surface area contributed by atoms with E-state index in [1.807, 2.05) is 16.2 Å². The van der Waals surface area contributed by atoms with Crippen molar-refractivity contribution in [2.75, 3.05) is 18.0 Å². The fourth-order valence-corrected chi connectivity index (χ4v) is 3.00. The van der Waals surface area contributed by atoms with Gasteiger partial charge < -0.3 is 21.7 Å². The highest BCUT2D eigenvalue weighted by molar-refractivity contribution is 7.40. The molecule has 0 saturated heterocycles. The number of hydrogen-bond donors (Lipinski definition) is 4. The zero-order valence-electron chi connectivity index (χ0n) is 20.0. The van der Waals surface area contributed by atoms with Crippen LogP contribution < -0.4 is 26.6 Å². The quantitative estimate of drug-likeness (QED) is 0.265. The fraction of sp³-hybridized carbons (Fsp3) is 0.391. The second-order valence-electron chi connectivity index (χ2n) is 7.95. The number of rotatable bonds is 10. The molecule has 1 aromatic rings. The van der Waals surface area contributed by atoms with Gasteiger partial charge in [0.2, 0.25) is 11.8 Å². The number of carbonyl (C=O) groups is 6. The molecule has 190 valence electrons. The van der Waals surface area contributed by atoms with Crippen LogP contribution in [-0.4, -0.2) is 54.3 Å². The first-order valence-electron chi connectivity index (χ1n) is 11.0. The van der Waals surface area contributed by atoms with Gasteiger partial charge in [-0.15, -0.1) is 0 Å². The van der Waals surface area contributed by atoms with Gasteiger partial charge >= 0.3 is 6.03 Å². The molecule has 2 atom stereocenters. The Bertz CT molecular complexity index is 959. The zero-order valence-corrected chi connectivity index (χ0v) is 21.2. The minimum Gasteiger partial charge on any atom is -0.352 e. The van der Waals surface area contributed by atoms with Gasteiger partial charge in [-0.05, 0) is 30.0 Å². The van der Waals surface area contributed by atoms with Crippen LogP contribution in [0.1, 0.15) is 32.8 Å². The van der Waals surface area contributed by atoms with Gasteiger partial charge in [0.15, 0.2) is 5.52 Å². The lowest BCUT2D eigenvalue weighted by atomic mass is 10.0. The van der Waals surface area contributed by atoms with Gasteiger partial charge in [-0.2, -0.15) is 0 Å². The number of nitrogens with two attached hydrogens (primary N) is 1. The van der Waals surface area contributed by atoms with E-state index in [-0.39, 0.29) is 30.3 Å². The van der Waals surface area contributed by atoms with E-state index >= 15 is 0 Å². The van der Waals surface area contributed by atoms with Crippen molar-refractivity contribution in [2.24, 2.45) is 11.7 Å². The molecule has 0 fully saturated rings. The number of amides is 6. The number of nitrogens with zero attached hydrogens (tertiary/aromatic N) is 1. The Morgan fingerprint density at radius 3 is 2.00 bits per heavy atom. The summed E-state index contributed by atoms with van der Waals surface area (Å²) in [6.07, 6.45) is 3.36. The van der Waals surface area contributed by atoms with E-state index in [2.05, 4.69) is 16.0 Å². The zero-order chi connectivity index (χ0) is 26.5. The molecule has 12 heteroatoms. The average Bonchev–Trinajstić information content (AvgIpc) is 3.13. The van der Waals surface area contributed by atoms with Crippen molar-refractivity contribution in [1.29, 1.82) is 0 Å². The van der Waals surface area contributed by atoms with E-state index in [1.165, 1.54) is 12.2 Å². The molecule has 2 unspecified atom stereocenters. The molecule has 2 rings (SSSR count). The van der Waals surface area contributed by atoms with Crippen LogP contribution in [0.5, 0.6) is 0 Å². The van der Waals surface area contributed by atoms with E-state index in [9.17, 15) is 28.8 Å². The van der Waals surface area contributed by atoms with Crippen LogP contribution in [0, 0.1) is 5.92 Å². The fourth-order valence-electron chi connectivity index (χ4n) is 2.89. The van der Waals surface area contributed by atoms with Crippen LogP contribution in [0.15, 0.2) is 36.4 Å². The summed E-state index contributed by atoms with van der Waals surface area (Å²) in [5.74, 6) is -1.76. The van der Waals surface area contributed by atoms with Gasteiger partial charge in [0.05, 0.1) is 18.7 Å². The van der Waals surface area contributed by atoms with Gasteiger partial charge in [0.25, 0.3) is 11.8 Å². The van der Waals surface area contributed by atoms with E-state index in [1.54, 1.807) is 38.1 Å². The van der Waals surface area contributed by atoms with Gasteiger partial charge in [-0.1, -0.05) is 42.1 Å². The number of nitrogens with one attached hydrogen (secondary N) is 3. The highest BCUT2D eigenvalue weighted by Crippen LogP contribution is 2.19. The Hall–Kier alpha value is -3.59. The van der Waals surface area contributed by atoms with Gasteiger partial charge in [-0.3, -0.25) is 24.0 Å². The lowest BCUT2D eigenvalue weighted by Gasteiger charge is -2.21. The van der Waals surface area contributed by atoms with Gasteiger partial charge in [0, 0.05) is 18.7 Å². The molecule has 1 heterocycles. The molecule has 0 bridgehead atoms. The third-order valence-electron chi connectivity index (χ3n) is 4.62. The van der Waals surface area contributed by atoms with Crippen LogP contribution >= 0.6 is 9.24 Å². The molecular weight excluding hydrogens is 473 g/mol. The van der Waals surface area contributed by atoms with Crippen molar-refractivity contribution < 1.29 is 28.8 Å². The summed E-state index contributed by atoms with van der Waals surface area (Å²) in [5.41, 5.74) is 5.56. The Balaban J connectivity index is 0.000000762. The number of benzene rings is 1. The summed E-state index contributed by atoms with van der Waals surface area (Å²) in [7, 11) is 1.97. The van der Waals surface area contributed by atoms with E-state index in [0.29, 0.717) is 17.8 Å². The minimum atomic E-state index is -0.762. The molecule has 5 N–H and O–H groups in total. The Morgan fingerprint density at radius 2 is 1.57 bits per heavy atom. The third-order valence-corrected chi connectivity index (χ3v) is 4.82. The predicted octanol–water partition coefficient (Wildman–Crippen LogP) is 0.382. The summed E-state index contributed by atoms with van der Waals surface area (Å²) < 4.78 is 0. The molecule has 1 aliphatic heterocycles. The lowest BCUT2D eigenvalue weighted by Crippen LogP contribution is -2.50. The van der Waals surface area contributed by atoms with E-state index in [0.717, 1.165) is 11.3 Å². The Labute approximate surface area is 206 Å². The highest BCUT2D eigenvalue weighted by Gasteiger charge is 2.26. The van der Waals surface area contributed by atoms with Crippen LogP contribution in [-0.2, 0) is 30.4 Å². The molecule has 0 saturated carbocycles. The predicted molar refractivity (Wildman–Crippen MR) is 134 cm³/mol. The SMILES string of the molecule is CC(C)C(NC(=O)Cc1ccc(N2C(=O)C=CC2=O)cc1)C(=O)NCC(=O)P.CCCNC(N)=O. The summed E-state index contributed by atoms with van der Waals surface area (Å²) in [6.45, 7) is 6.11. The molecule has 0 spiro atoms. The molecule has 6 amide bonds. The first kappa shape index (κ1) is 29.4. The number of imide groups is 1. The molecule has 35 heavy (non-hydrogen) atoms. The van der Waals surface area contributed by atoms with Gasteiger partial charge in [0.1, 0.15) is 6.04 Å². The maximum atomic E-state index is 12.3. The summed E-state index contributed by atoms with van der Waals surface area (Å²) in [6, 6.07) is 5.26. The van der Waals surface area contributed by atoms with Crippen molar-refractivity contribution in [3.05, 3.63) is 42.0 Å². The standard InChI is InChI=1S/C19H22N3O5P.C4H10N2O/c1-11(2)18(19(27)20-10-17(26)28)21-14(23)9-12-3-5-13(6-4-12)22-15(24)7-8-16(22)25;1-2-3-6-4(5)7/h3-8,11,18H,9-10,28H2,1-2H3,(H,20,27)(H,21,23);2-3H2,1H3,(H3,5,6,7). The Kier molecular flexibility index (Phi) is 12.3. The first-order chi connectivity index (χ1) is 16.5. The van der Waals surface area contributed by atoms with Crippen molar-refractivity contribution >= 4 is 50.1 Å². The van der Waals surface area contributed by atoms with E-state index in [4.69, 9.17) is 5.73 Å². The third kappa shape index (κ3) is 10.5. The smallest absolute Gasteiger partial charge is 0.312 e. The number of primary amides is 1. The second kappa shape index (κ2) is 14.6. The molecule has 0 aromatic heterocycles. The van der Waals surface area contributed by atoms with Crippen LogP contribution in [0.25, 0.3) is 0 Å². The molecule has 11 nitrogen and oxygen atoms in total. The maximum Gasteiger partial charge on any atom is 0.312 e. The van der Waals surface area contributed by atoms with Crippen molar-refractivity contribution in [3.8, 4) is 0 Å². The van der Waals surface area contributed by atoms with Crippen molar-refractivity contribution in [3.63, 3.8) is 0 Å². The molecule has 1 aromatic carbocycles. The number of carbonyl (C=O) groups excluding carboxylic acids is 6. The molecular formula is C23H32N5O6P. The van der Waals surface area contributed by atoms with Crippen LogP contribution in [0.3, 0.4) is 0 Å². The summed E-state index contributed by atoms with van der Waals surface area (Å²) >= 11 is 0. The van der Waals surface area contributed by atoms with Crippen molar-refractivity contribution in [1.82, 2.24) is 16.0 Å². The number of urea groups is 1. The average molecular weight is 506 g/mol. The topological polar surface area (TPSA) is 168 Å². The van der Waals surface area contributed by atoms with Crippen molar-refractivity contribution in [2.45, 2.75) is 39.7 Å². The highest BCUT2D eigenvalue weighted by atomic mass is 31.0. The minimum absolute atomic E-state index is 0.0273. The Morgan fingerprint density at radius 1 is 1.00 bits per heavy atom.